The summed E-state index contributed by atoms with van der Waals surface area (Å²) >= 11 is 3.26. The Balaban J connectivity index is 1.71. The molecule has 0 saturated carbocycles. The van der Waals surface area contributed by atoms with Crippen LogP contribution in [-0.4, -0.2) is 16.9 Å². The second-order valence-electron chi connectivity index (χ2n) is 8.33. The summed E-state index contributed by atoms with van der Waals surface area (Å²) < 4.78 is 18.8. The SMILES string of the molecule is COc1ccc(C2C(C#N)=C(N)Oc3c2c(=O)oc2ccccc32)cc1Cn1[nH]c(=[N+]([O-])[O-])c(Br)c1C. The first kappa shape index (κ1) is 24.1. The zero-order valence-electron chi connectivity index (χ0n) is 19.6. The third-order valence-corrected chi connectivity index (χ3v) is 7.24. The summed E-state index contributed by atoms with van der Waals surface area (Å²) in [5.41, 5.74) is 7.69. The molecule has 1 aliphatic heterocycles. The zero-order chi connectivity index (χ0) is 26.4. The van der Waals surface area contributed by atoms with E-state index in [9.17, 15) is 20.5 Å². The van der Waals surface area contributed by atoms with E-state index >= 15 is 0 Å². The Morgan fingerprint density at radius 3 is 2.73 bits per heavy atom. The van der Waals surface area contributed by atoms with E-state index < -0.39 is 16.4 Å². The standard InChI is InChI=1S/C25H19BrN5O6/c1-12-21(26)24(31(33)34)29-30(12)11-14-9-13(7-8-17(14)35-2)19-16(10-27)23(28)37-22-15-5-3-4-6-18(15)36-25(32)20(19)22/h3-9,19,29H,11,28H2,1-2H3/q-1. The predicted octanol–water partition coefficient (Wildman–Crippen LogP) is 3.04. The molecular formula is C25H19BrN5O6-. The predicted molar refractivity (Wildman–Crippen MR) is 137 cm³/mol. The number of nitrogens with two attached hydrogens (primary N) is 1. The number of methoxy groups -OCH3 is 1. The van der Waals surface area contributed by atoms with Crippen molar-refractivity contribution in [3.63, 3.8) is 0 Å². The molecule has 1 aliphatic rings. The summed E-state index contributed by atoms with van der Waals surface area (Å²) in [5, 5.41) is 36.0. The summed E-state index contributed by atoms with van der Waals surface area (Å²) in [6.45, 7) is 1.91. The van der Waals surface area contributed by atoms with Gasteiger partial charge in [-0.15, -0.1) is 0 Å². The van der Waals surface area contributed by atoms with E-state index in [0.29, 0.717) is 38.0 Å². The monoisotopic (exact) mass is 564 g/mol. The molecule has 1 unspecified atom stereocenters. The van der Waals surface area contributed by atoms with Crippen LogP contribution in [0.3, 0.4) is 0 Å². The molecule has 0 amide bonds. The maximum absolute atomic E-state index is 13.2. The molecule has 0 saturated heterocycles. The van der Waals surface area contributed by atoms with E-state index in [0.717, 1.165) is 0 Å². The third kappa shape index (κ3) is 3.89. The van der Waals surface area contributed by atoms with Crippen molar-refractivity contribution in [2.75, 3.05) is 7.11 Å². The van der Waals surface area contributed by atoms with Gasteiger partial charge in [-0.05, 0) is 52.7 Å². The second-order valence-corrected chi connectivity index (χ2v) is 9.12. The molecule has 12 heteroatoms. The lowest BCUT2D eigenvalue weighted by molar-refractivity contribution is 0.387. The molecule has 0 spiro atoms. The van der Waals surface area contributed by atoms with Gasteiger partial charge in [0, 0.05) is 5.56 Å². The normalized spacial score (nSPS) is 14.7. The third-order valence-electron chi connectivity index (χ3n) is 6.29. The lowest BCUT2D eigenvalue weighted by Gasteiger charge is -2.26. The van der Waals surface area contributed by atoms with Crippen molar-refractivity contribution in [2.24, 2.45) is 5.73 Å². The number of hydrogen-bond donors (Lipinski definition) is 2. The molecule has 11 nitrogen and oxygen atoms in total. The average molecular weight is 565 g/mol. The molecule has 2 aromatic carbocycles. The summed E-state index contributed by atoms with van der Waals surface area (Å²) in [4.78, 5) is 12.6. The summed E-state index contributed by atoms with van der Waals surface area (Å²) in [6, 6.07) is 14.2. The topological polar surface area (TPSA) is 168 Å². The van der Waals surface area contributed by atoms with Crippen LogP contribution < -0.4 is 31.2 Å². The molecule has 3 N–H and O–H groups in total. The van der Waals surface area contributed by atoms with Crippen LogP contribution >= 0.6 is 15.9 Å². The molecule has 0 radical (unpaired) electrons. The lowest BCUT2D eigenvalue weighted by atomic mass is 9.83. The lowest BCUT2D eigenvalue weighted by Crippen LogP contribution is -2.26. The van der Waals surface area contributed by atoms with Crippen molar-refractivity contribution in [1.29, 1.82) is 5.26 Å². The first-order chi connectivity index (χ1) is 17.7. The molecule has 5 rings (SSSR count). The number of nitrogens with one attached hydrogen (secondary N) is 1. The quantitative estimate of drug-likeness (QED) is 0.281. The average Bonchev–Trinajstić information content (AvgIpc) is 3.16. The maximum Gasteiger partial charge on any atom is 0.344 e. The van der Waals surface area contributed by atoms with Crippen molar-refractivity contribution >= 4 is 26.9 Å². The Labute approximate surface area is 217 Å². The number of rotatable bonds is 4. The number of nitriles is 1. The highest BCUT2D eigenvalue weighted by Crippen LogP contribution is 2.44. The molecule has 0 bridgehead atoms. The van der Waals surface area contributed by atoms with E-state index in [2.05, 4.69) is 27.1 Å². The molecule has 3 heterocycles. The van der Waals surface area contributed by atoms with Crippen molar-refractivity contribution in [2.45, 2.75) is 19.4 Å². The van der Waals surface area contributed by atoms with Gasteiger partial charge in [-0.1, -0.05) is 18.2 Å². The molecule has 4 aromatic rings. The van der Waals surface area contributed by atoms with Crippen LogP contribution in [0, 0.1) is 28.7 Å². The molecular weight excluding hydrogens is 546 g/mol. The fraction of sp³-hybridized carbons (Fsp3) is 0.160. The number of benzene rings is 2. The van der Waals surface area contributed by atoms with Crippen molar-refractivity contribution in [1.82, 2.24) is 14.7 Å². The number of ether oxygens (including phenoxy) is 2. The summed E-state index contributed by atoms with van der Waals surface area (Å²) in [7, 11) is 1.51. The molecule has 37 heavy (non-hydrogen) atoms. The molecule has 1 atom stereocenters. The highest BCUT2D eigenvalue weighted by molar-refractivity contribution is 9.10. The van der Waals surface area contributed by atoms with Gasteiger partial charge >= 0.3 is 11.1 Å². The van der Waals surface area contributed by atoms with Crippen molar-refractivity contribution in [3.05, 3.63) is 107 Å². The van der Waals surface area contributed by atoms with Crippen LogP contribution in [0.5, 0.6) is 11.5 Å². The highest BCUT2D eigenvalue weighted by atomic mass is 79.9. The fourth-order valence-corrected chi connectivity index (χ4v) is 4.95. The Bertz CT molecular complexity index is 1770. The number of para-hydroxylation sites is 1. The van der Waals surface area contributed by atoms with Crippen LogP contribution in [-0.2, 0) is 6.54 Å². The molecule has 2 aromatic heterocycles. The number of aromatic amines is 1. The van der Waals surface area contributed by atoms with Crippen LogP contribution in [0.4, 0.5) is 0 Å². The van der Waals surface area contributed by atoms with E-state index in [1.54, 1.807) is 54.1 Å². The van der Waals surface area contributed by atoms with E-state index in [1.165, 1.54) is 7.11 Å². The van der Waals surface area contributed by atoms with Gasteiger partial charge in [-0.25, -0.2) is 9.48 Å². The van der Waals surface area contributed by atoms with Gasteiger partial charge in [-0.2, -0.15) is 10.4 Å². The smallest absolute Gasteiger partial charge is 0.344 e. The van der Waals surface area contributed by atoms with Crippen LogP contribution in [0.1, 0.15) is 28.3 Å². The summed E-state index contributed by atoms with van der Waals surface area (Å²) in [5.74, 6) is -0.227. The van der Waals surface area contributed by atoms with Crippen molar-refractivity contribution in [3.8, 4) is 17.6 Å². The molecule has 0 aliphatic carbocycles. The number of aromatic nitrogens is 2. The number of hydrogen-bond acceptors (Lipinski definition) is 8. The minimum atomic E-state index is -0.866. The van der Waals surface area contributed by atoms with Gasteiger partial charge in [0.2, 0.25) is 5.88 Å². The Kier molecular flexibility index (Phi) is 5.93. The van der Waals surface area contributed by atoms with Gasteiger partial charge in [0.05, 0.1) is 36.2 Å². The number of allylic oxidation sites excluding steroid dienone is 1. The van der Waals surface area contributed by atoms with Gasteiger partial charge < -0.3 is 30.0 Å². The van der Waals surface area contributed by atoms with E-state index in [4.69, 9.17) is 19.6 Å². The largest absolute Gasteiger partial charge is 0.712 e. The second kappa shape index (κ2) is 9.11. The zero-order valence-corrected chi connectivity index (χ0v) is 21.2. The van der Waals surface area contributed by atoms with E-state index in [-0.39, 0.29) is 34.8 Å². The van der Waals surface area contributed by atoms with Crippen LogP contribution in [0.15, 0.2) is 67.6 Å². The van der Waals surface area contributed by atoms with Gasteiger partial charge in [0.1, 0.15) is 27.4 Å². The fourth-order valence-electron chi connectivity index (χ4n) is 4.50. The van der Waals surface area contributed by atoms with Gasteiger partial charge in [-0.3, -0.25) is 4.90 Å². The minimum absolute atomic E-state index is 0.0632. The van der Waals surface area contributed by atoms with Crippen molar-refractivity contribution < 1.29 is 13.9 Å². The molecule has 0 fully saturated rings. The van der Waals surface area contributed by atoms with Crippen LogP contribution in [0.25, 0.3) is 11.0 Å². The minimum Gasteiger partial charge on any atom is -0.712 e. The Hall–Kier alpha value is -4.63. The molecule has 188 valence electrons. The summed E-state index contributed by atoms with van der Waals surface area (Å²) in [6.07, 6.45) is 0. The number of H-pyrrole nitrogens is 1. The van der Waals surface area contributed by atoms with E-state index in [1.807, 2.05) is 0 Å². The number of nitrogens with zero attached hydrogens (tertiary/aromatic N) is 3. The number of halogens is 1. The first-order valence-electron chi connectivity index (χ1n) is 11.0. The maximum atomic E-state index is 13.2. The van der Waals surface area contributed by atoms with Gasteiger partial charge in [0.25, 0.3) is 0 Å². The first-order valence-corrected chi connectivity index (χ1v) is 11.8. The highest BCUT2D eigenvalue weighted by Gasteiger charge is 2.36. The van der Waals surface area contributed by atoms with Crippen LogP contribution in [0.2, 0.25) is 0 Å². The van der Waals surface area contributed by atoms with Gasteiger partial charge in [0.15, 0.2) is 5.75 Å². The Morgan fingerprint density at radius 1 is 1.30 bits per heavy atom. The number of fused-ring (bicyclic) bond motifs is 3. The Morgan fingerprint density at radius 2 is 2.05 bits per heavy atom.